The highest BCUT2D eigenvalue weighted by atomic mass is 16.5. The highest BCUT2D eigenvalue weighted by molar-refractivity contribution is 5.83. The van der Waals surface area contributed by atoms with E-state index < -0.39 is 0 Å². The Morgan fingerprint density at radius 1 is 1.36 bits per heavy atom. The van der Waals surface area contributed by atoms with Gasteiger partial charge in [0.15, 0.2) is 6.29 Å². The molecule has 3 rings (SSSR count). The van der Waals surface area contributed by atoms with Crippen LogP contribution < -0.4 is 9.64 Å². The summed E-state index contributed by atoms with van der Waals surface area (Å²) in [4.78, 5) is 13.5. The number of ether oxygens (including phenoxy) is 2. The highest BCUT2D eigenvalue weighted by Crippen LogP contribution is 2.27. The van der Waals surface area contributed by atoms with Gasteiger partial charge in [-0.1, -0.05) is 6.07 Å². The molecule has 1 fully saturated rings. The monoisotopic (exact) mass is 344 g/mol. The molecule has 2 aromatic rings. The number of aromatic nitrogens is 1. The van der Waals surface area contributed by atoms with Crippen molar-refractivity contribution in [2.45, 2.75) is 25.9 Å². The first-order chi connectivity index (χ1) is 12.1. The fraction of sp³-hybridized carbons (Fsp3) is 0.421. The Hall–Kier alpha value is -2.47. The van der Waals surface area contributed by atoms with Crippen molar-refractivity contribution in [1.29, 1.82) is 0 Å². The molecular formula is C19H24N2O4. The third-order valence-electron chi connectivity index (χ3n) is 4.43. The van der Waals surface area contributed by atoms with Crippen LogP contribution in [-0.4, -0.2) is 48.4 Å². The Balaban J connectivity index is 1.77. The molecule has 1 saturated heterocycles. The van der Waals surface area contributed by atoms with Crippen molar-refractivity contribution in [1.82, 2.24) is 4.57 Å². The lowest BCUT2D eigenvalue weighted by atomic mass is 10.2. The number of morpholine rings is 1. The summed E-state index contributed by atoms with van der Waals surface area (Å²) in [6.45, 7) is 6.68. The van der Waals surface area contributed by atoms with Gasteiger partial charge in [-0.3, -0.25) is 4.79 Å². The third kappa shape index (κ3) is 3.64. The van der Waals surface area contributed by atoms with Crippen molar-refractivity contribution in [2.24, 2.45) is 0 Å². The second kappa shape index (κ2) is 7.61. The number of benzene rings is 1. The van der Waals surface area contributed by atoms with Crippen molar-refractivity contribution in [3.05, 3.63) is 42.1 Å². The highest BCUT2D eigenvalue weighted by Gasteiger charge is 2.26. The van der Waals surface area contributed by atoms with Crippen molar-refractivity contribution >= 4 is 12.1 Å². The summed E-state index contributed by atoms with van der Waals surface area (Å²) in [5.41, 5.74) is 0.177. The number of hydrogen-bond donors (Lipinski definition) is 1. The average molecular weight is 344 g/mol. The maximum absolute atomic E-state index is 11.2. The van der Waals surface area contributed by atoms with Gasteiger partial charge in [0.2, 0.25) is 0 Å². The van der Waals surface area contributed by atoms with Crippen LogP contribution in [0.3, 0.4) is 0 Å². The number of anilines is 1. The summed E-state index contributed by atoms with van der Waals surface area (Å²) in [7, 11) is 0. The Labute approximate surface area is 147 Å². The molecule has 0 amide bonds. The molecule has 1 atom stereocenters. The Bertz CT molecular complexity index is 726. The van der Waals surface area contributed by atoms with Gasteiger partial charge in [-0.05, 0) is 38.1 Å². The molecule has 0 unspecified atom stereocenters. The Morgan fingerprint density at radius 2 is 2.20 bits per heavy atom. The maximum Gasteiger partial charge on any atom is 0.157 e. The van der Waals surface area contributed by atoms with E-state index in [1.807, 2.05) is 6.07 Å². The largest absolute Gasteiger partial charge is 0.507 e. The zero-order valence-electron chi connectivity index (χ0n) is 14.6. The smallest absolute Gasteiger partial charge is 0.157 e. The van der Waals surface area contributed by atoms with E-state index in [-0.39, 0.29) is 17.4 Å². The van der Waals surface area contributed by atoms with E-state index in [1.54, 1.807) is 12.1 Å². The Kier molecular flexibility index (Phi) is 5.28. The van der Waals surface area contributed by atoms with E-state index in [9.17, 15) is 9.90 Å². The SMILES string of the molecule is CC(C)n1cccc1N1CCOC[C@H]1COc1cccc(O)c1C=O. The van der Waals surface area contributed by atoms with Gasteiger partial charge < -0.3 is 24.0 Å². The van der Waals surface area contributed by atoms with Crippen molar-refractivity contribution in [2.75, 3.05) is 31.3 Å². The lowest BCUT2D eigenvalue weighted by Crippen LogP contribution is -2.49. The Morgan fingerprint density at radius 3 is 2.96 bits per heavy atom. The number of carbonyl (C=O) groups excluding carboxylic acids is 1. The van der Waals surface area contributed by atoms with Gasteiger partial charge >= 0.3 is 0 Å². The predicted molar refractivity (Wildman–Crippen MR) is 95.8 cm³/mol. The number of rotatable bonds is 6. The van der Waals surface area contributed by atoms with Gasteiger partial charge in [-0.2, -0.15) is 0 Å². The van der Waals surface area contributed by atoms with Gasteiger partial charge in [0.1, 0.15) is 23.9 Å². The van der Waals surface area contributed by atoms with Crippen LogP contribution in [0.2, 0.25) is 0 Å². The summed E-state index contributed by atoms with van der Waals surface area (Å²) in [6, 6.07) is 9.36. The van der Waals surface area contributed by atoms with Gasteiger partial charge in [-0.25, -0.2) is 0 Å². The van der Waals surface area contributed by atoms with Gasteiger partial charge in [-0.15, -0.1) is 0 Å². The van der Waals surface area contributed by atoms with E-state index in [2.05, 4.69) is 35.6 Å². The van der Waals surface area contributed by atoms with Crippen LogP contribution in [0, 0.1) is 0 Å². The van der Waals surface area contributed by atoms with Gasteiger partial charge in [0, 0.05) is 18.8 Å². The first-order valence-electron chi connectivity index (χ1n) is 8.53. The molecule has 25 heavy (non-hydrogen) atoms. The molecule has 0 radical (unpaired) electrons. The van der Waals surface area contributed by atoms with Crippen LogP contribution in [0.25, 0.3) is 0 Å². The number of phenols is 1. The zero-order valence-corrected chi connectivity index (χ0v) is 14.6. The normalized spacial score (nSPS) is 17.7. The van der Waals surface area contributed by atoms with Crippen LogP contribution >= 0.6 is 0 Å². The minimum Gasteiger partial charge on any atom is -0.507 e. The second-order valence-electron chi connectivity index (χ2n) is 6.41. The fourth-order valence-electron chi connectivity index (χ4n) is 3.12. The van der Waals surface area contributed by atoms with E-state index in [1.165, 1.54) is 6.07 Å². The molecule has 1 aromatic heterocycles. The first-order valence-corrected chi connectivity index (χ1v) is 8.53. The van der Waals surface area contributed by atoms with Gasteiger partial charge in [0.25, 0.3) is 0 Å². The first kappa shape index (κ1) is 17.4. The molecule has 1 aliphatic rings. The van der Waals surface area contributed by atoms with E-state index >= 15 is 0 Å². The molecule has 1 aliphatic heterocycles. The molecule has 134 valence electrons. The third-order valence-corrected chi connectivity index (χ3v) is 4.43. The molecule has 2 heterocycles. The van der Waals surface area contributed by atoms with Crippen LogP contribution in [0.15, 0.2) is 36.5 Å². The number of carbonyl (C=O) groups is 1. The van der Waals surface area contributed by atoms with Crippen LogP contribution in [0.4, 0.5) is 5.82 Å². The van der Waals surface area contributed by atoms with Gasteiger partial charge in [0.05, 0.1) is 24.8 Å². The topological polar surface area (TPSA) is 63.9 Å². The van der Waals surface area contributed by atoms with Crippen molar-refractivity contribution < 1.29 is 19.4 Å². The lowest BCUT2D eigenvalue weighted by molar-refractivity contribution is 0.0757. The van der Waals surface area contributed by atoms with E-state index in [0.29, 0.717) is 37.9 Å². The lowest BCUT2D eigenvalue weighted by Gasteiger charge is -2.38. The van der Waals surface area contributed by atoms with Crippen LogP contribution in [-0.2, 0) is 4.74 Å². The summed E-state index contributed by atoms with van der Waals surface area (Å²) in [5, 5.41) is 9.78. The van der Waals surface area contributed by atoms with Crippen molar-refractivity contribution in [3.63, 3.8) is 0 Å². The fourth-order valence-corrected chi connectivity index (χ4v) is 3.12. The zero-order chi connectivity index (χ0) is 17.8. The molecule has 0 saturated carbocycles. The number of hydrogen-bond acceptors (Lipinski definition) is 5. The maximum atomic E-state index is 11.2. The summed E-state index contributed by atoms with van der Waals surface area (Å²) >= 11 is 0. The summed E-state index contributed by atoms with van der Waals surface area (Å²) < 4.78 is 13.7. The van der Waals surface area contributed by atoms with E-state index in [4.69, 9.17) is 9.47 Å². The second-order valence-corrected chi connectivity index (χ2v) is 6.41. The molecule has 1 aromatic carbocycles. The van der Waals surface area contributed by atoms with Crippen molar-refractivity contribution in [3.8, 4) is 11.5 Å². The number of phenolic OH excluding ortho intramolecular Hbond substituents is 1. The molecule has 1 N–H and O–H groups in total. The standard InChI is InChI=1S/C19H24N2O4/c1-14(2)20-8-4-7-19(20)21-9-10-24-12-15(21)13-25-18-6-3-5-17(23)16(18)11-22/h3-8,11,14-15,23H,9-10,12-13H2,1-2H3/t15-/m0/s1. The number of nitrogens with zero attached hydrogens (tertiary/aromatic N) is 2. The average Bonchev–Trinajstić information content (AvgIpc) is 3.10. The molecule has 0 aliphatic carbocycles. The minimum absolute atomic E-state index is 0.0306. The number of aldehydes is 1. The summed E-state index contributed by atoms with van der Waals surface area (Å²) in [6.07, 6.45) is 2.69. The minimum atomic E-state index is -0.0714. The van der Waals surface area contributed by atoms with Crippen LogP contribution in [0.1, 0.15) is 30.2 Å². The summed E-state index contributed by atoms with van der Waals surface area (Å²) in [5.74, 6) is 1.45. The van der Waals surface area contributed by atoms with E-state index in [0.717, 1.165) is 12.4 Å². The molecule has 6 heteroatoms. The quantitative estimate of drug-likeness (QED) is 0.817. The van der Waals surface area contributed by atoms with Crippen LogP contribution in [0.5, 0.6) is 11.5 Å². The molecular weight excluding hydrogens is 320 g/mol. The molecule has 6 nitrogen and oxygen atoms in total. The predicted octanol–water partition coefficient (Wildman–Crippen LogP) is 2.87. The molecule has 0 spiro atoms. The number of aromatic hydroxyl groups is 1. The molecule has 0 bridgehead atoms.